The Hall–Kier alpha value is -3.28. The molecule has 200 valence electrons. The molecule has 0 bridgehead atoms. The van der Waals surface area contributed by atoms with Crippen molar-refractivity contribution < 1.29 is 22.3 Å². The molecule has 5 rings (SSSR count). The predicted octanol–water partition coefficient (Wildman–Crippen LogP) is 3.66. The molecule has 1 saturated carbocycles. The van der Waals surface area contributed by atoms with E-state index in [1.54, 1.807) is 31.6 Å². The van der Waals surface area contributed by atoms with Gasteiger partial charge in [0.1, 0.15) is 17.5 Å². The predicted molar refractivity (Wildman–Crippen MR) is 138 cm³/mol. The van der Waals surface area contributed by atoms with Crippen molar-refractivity contribution in [1.82, 2.24) is 19.6 Å². The molecule has 1 aliphatic carbocycles. The van der Waals surface area contributed by atoms with Crippen LogP contribution in [0.25, 0.3) is 16.8 Å². The molecule has 1 aromatic carbocycles. The third kappa shape index (κ3) is 4.70. The summed E-state index contributed by atoms with van der Waals surface area (Å²) in [4.78, 5) is 8.35. The molecule has 38 heavy (non-hydrogen) atoms. The second-order valence-electron chi connectivity index (χ2n) is 10.4. The topological polar surface area (TPSA) is 123 Å². The Morgan fingerprint density at radius 1 is 1.16 bits per heavy atom. The van der Waals surface area contributed by atoms with Crippen molar-refractivity contribution in [2.75, 3.05) is 6.26 Å². The van der Waals surface area contributed by atoms with E-state index >= 15 is 0 Å². The summed E-state index contributed by atoms with van der Waals surface area (Å²) in [7, 11) is -3.78. The van der Waals surface area contributed by atoms with Gasteiger partial charge in [-0.3, -0.25) is 4.98 Å². The number of imidazole rings is 1. The molecule has 3 N–H and O–H groups in total. The van der Waals surface area contributed by atoms with Gasteiger partial charge in [-0.25, -0.2) is 26.7 Å². The molecule has 0 amide bonds. The van der Waals surface area contributed by atoms with Crippen molar-refractivity contribution in [3.63, 3.8) is 0 Å². The molecule has 8 nitrogen and oxygen atoms in total. The zero-order valence-electron chi connectivity index (χ0n) is 21.3. The monoisotopic (exact) mass is 541 g/mol. The molecule has 3 heterocycles. The normalized spacial score (nSPS) is 24.1. The zero-order valence-corrected chi connectivity index (χ0v) is 22.1. The lowest BCUT2D eigenvalue weighted by Crippen LogP contribution is -2.54. The van der Waals surface area contributed by atoms with Gasteiger partial charge in [-0.15, -0.1) is 0 Å². The third-order valence-corrected chi connectivity index (χ3v) is 8.90. The number of nitrogens with two attached hydrogens (primary N) is 1. The molecule has 0 radical (unpaired) electrons. The van der Waals surface area contributed by atoms with E-state index in [1.807, 2.05) is 13.0 Å². The average Bonchev–Trinajstić information content (AvgIpc) is 3.24. The maximum absolute atomic E-state index is 14.9. The first kappa shape index (κ1) is 26.3. The lowest BCUT2D eigenvalue weighted by molar-refractivity contribution is -0.0464. The van der Waals surface area contributed by atoms with Crippen LogP contribution in [0.5, 0.6) is 0 Å². The quantitative estimate of drug-likeness (QED) is 0.395. The summed E-state index contributed by atoms with van der Waals surface area (Å²) in [6, 6.07) is 6.30. The van der Waals surface area contributed by atoms with Crippen LogP contribution in [-0.2, 0) is 16.3 Å². The first-order chi connectivity index (χ1) is 17.9. The van der Waals surface area contributed by atoms with Gasteiger partial charge in [0, 0.05) is 31.1 Å². The summed E-state index contributed by atoms with van der Waals surface area (Å²) in [5.41, 5.74) is 7.61. The largest absolute Gasteiger partial charge is 0.388 e. The first-order valence-electron chi connectivity index (χ1n) is 12.3. The van der Waals surface area contributed by atoms with Gasteiger partial charge >= 0.3 is 0 Å². The number of fused-ring (bicyclic) bond motifs is 1. The van der Waals surface area contributed by atoms with Gasteiger partial charge in [-0.1, -0.05) is 6.92 Å². The lowest BCUT2D eigenvalue weighted by Gasteiger charge is -2.44. The smallest absolute Gasteiger partial charge is 0.175 e. The fourth-order valence-electron chi connectivity index (χ4n) is 5.28. The molecular weight excluding hydrogens is 512 g/mol. The number of nitrogens with zero attached hydrogens (tertiary/aromatic N) is 4. The van der Waals surface area contributed by atoms with E-state index < -0.39 is 37.5 Å². The van der Waals surface area contributed by atoms with Gasteiger partial charge in [0.25, 0.3) is 0 Å². The fourth-order valence-corrected chi connectivity index (χ4v) is 5.91. The number of aliphatic hydroxyl groups is 1. The first-order valence-corrected chi connectivity index (χ1v) is 14.2. The summed E-state index contributed by atoms with van der Waals surface area (Å²) < 4.78 is 54.8. The average molecular weight is 542 g/mol. The van der Waals surface area contributed by atoms with Crippen LogP contribution in [0.15, 0.2) is 53.8 Å². The minimum absolute atomic E-state index is 0.00696. The Bertz CT molecular complexity index is 1600. The second-order valence-corrected chi connectivity index (χ2v) is 12.4. The Balaban J connectivity index is 1.51. The van der Waals surface area contributed by atoms with Crippen LogP contribution < -0.4 is 5.73 Å². The van der Waals surface area contributed by atoms with Crippen LogP contribution in [-0.4, -0.2) is 51.0 Å². The van der Waals surface area contributed by atoms with Crippen molar-refractivity contribution in [3.8, 4) is 11.3 Å². The minimum atomic E-state index is -3.78. The van der Waals surface area contributed by atoms with Gasteiger partial charge in [0.2, 0.25) is 0 Å². The molecule has 1 aliphatic rings. The maximum Gasteiger partial charge on any atom is 0.175 e. The van der Waals surface area contributed by atoms with Crippen LogP contribution in [0.3, 0.4) is 0 Å². The van der Waals surface area contributed by atoms with E-state index in [1.165, 1.54) is 10.6 Å². The number of sulfone groups is 1. The number of hydrogen-bond donors (Lipinski definition) is 2. The molecule has 4 aromatic rings. The highest BCUT2D eigenvalue weighted by Crippen LogP contribution is 2.42. The van der Waals surface area contributed by atoms with Crippen molar-refractivity contribution in [3.05, 3.63) is 77.5 Å². The molecule has 3 aromatic heterocycles. The molecule has 11 heteroatoms. The van der Waals surface area contributed by atoms with Gasteiger partial charge in [0.05, 0.1) is 33.5 Å². The van der Waals surface area contributed by atoms with Crippen LogP contribution in [0.2, 0.25) is 0 Å². The second kappa shape index (κ2) is 9.48. The van der Waals surface area contributed by atoms with Crippen molar-refractivity contribution >= 4 is 15.4 Å². The summed E-state index contributed by atoms with van der Waals surface area (Å²) in [5, 5.41) is 15.2. The number of benzene rings is 1. The van der Waals surface area contributed by atoms with E-state index in [4.69, 9.17) is 5.73 Å². The Morgan fingerprint density at radius 2 is 1.87 bits per heavy atom. The molecule has 1 fully saturated rings. The molecule has 0 aliphatic heterocycles. The van der Waals surface area contributed by atoms with Crippen molar-refractivity contribution in [2.45, 2.75) is 55.6 Å². The van der Waals surface area contributed by atoms with Gasteiger partial charge in [-0.2, -0.15) is 5.10 Å². The summed E-state index contributed by atoms with van der Waals surface area (Å²) in [6.07, 6.45) is 7.77. The zero-order chi connectivity index (χ0) is 27.4. The fraction of sp³-hybridized carbons (Fsp3) is 0.370. The molecule has 0 spiro atoms. The highest BCUT2D eigenvalue weighted by atomic mass is 32.2. The van der Waals surface area contributed by atoms with Crippen LogP contribution >= 0.6 is 0 Å². The van der Waals surface area contributed by atoms with E-state index in [0.717, 1.165) is 35.9 Å². The molecule has 4 atom stereocenters. The van der Waals surface area contributed by atoms with Gasteiger partial charge in [-0.05, 0) is 73.1 Å². The Labute approximate surface area is 219 Å². The van der Waals surface area contributed by atoms with Crippen LogP contribution in [0, 0.1) is 17.6 Å². The lowest BCUT2D eigenvalue weighted by atomic mass is 9.67. The third-order valence-electron chi connectivity index (χ3n) is 7.81. The van der Waals surface area contributed by atoms with Crippen molar-refractivity contribution in [2.24, 2.45) is 11.7 Å². The molecular formula is C27H29F2N5O3S. The number of aromatic nitrogens is 4. The van der Waals surface area contributed by atoms with E-state index in [0.29, 0.717) is 24.2 Å². The van der Waals surface area contributed by atoms with Gasteiger partial charge in [0.15, 0.2) is 9.84 Å². The van der Waals surface area contributed by atoms with E-state index in [9.17, 15) is 22.3 Å². The van der Waals surface area contributed by atoms with E-state index in [2.05, 4.69) is 15.1 Å². The van der Waals surface area contributed by atoms with E-state index in [-0.39, 0.29) is 23.6 Å². The molecule has 0 unspecified atom stereocenters. The Morgan fingerprint density at radius 3 is 2.53 bits per heavy atom. The standard InChI is InChI=1S/C27H29F2N5O3S/c1-15-8-16(9-24(30)27(15,2)35)20-6-7-31-13-17(20)10-25-32-14-18-4-5-23(33-34(18)25)26-21(28)11-19(12-22(26)29)38(3,36)37/h4-7,11-16,24,35H,8-10,30H2,1-3H3/t15-,16+,24+,27+/m0/s1. The molecule has 0 saturated heterocycles. The summed E-state index contributed by atoms with van der Waals surface area (Å²) in [5.74, 6) is -1.36. The highest BCUT2D eigenvalue weighted by molar-refractivity contribution is 7.90. The number of rotatable bonds is 5. The number of pyridine rings is 1. The SMILES string of the molecule is C[C@H]1C[C@@H](c2ccncc2Cc2ncc3ccc(-c4c(F)cc(S(C)(=O)=O)cc4F)nn23)C[C@@H](N)[C@]1(C)O. The highest BCUT2D eigenvalue weighted by Gasteiger charge is 2.42. The number of halogens is 2. The number of hydrogen-bond acceptors (Lipinski definition) is 7. The van der Waals surface area contributed by atoms with Gasteiger partial charge < -0.3 is 10.8 Å². The van der Waals surface area contributed by atoms with Crippen LogP contribution in [0.1, 0.15) is 49.6 Å². The minimum Gasteiger partial charge on any atom is -0.388 e. The van der Waals surface area contributed by atoms with Crippen molar-refractivity contribution in [1.29, 1.82) is 0 Å². The summed E-state index contributed by atoms with van der Waals surface area (Å²) >= 11 is 0. The maximum atomic E-state index is 14.9. The Kier molecular flexibility index (Phi) is 6.57. The summed E-state index contributed by atoms with van der Waals surface area (Å²) in [6.45, 7) is 3.79. The van der Waals surface area contributed by atoms with Crippen LogP contribution in [0.4, 0.5) is 8.78 Å².